The summed E-state index contributed by atoms with van der Waals surface area (Å²) in [6, 6.07) is 5.80. The zero-order valence-electron chi connectivity index (χ0n) is 11.2. The first kappa shape index (κ1) is 15.6. The van der Waals surface area contributed by atoms with E-state index in [1.54, 1.807) is 7.05 Å². The summed E-state index contributed by atoms with van der Waals surface area (Å²) >= 11 is 0. The number of hydrogen-bond donors (Lipinski definition) is 0. The van der Waals surface area contributed by atoms with Crippen LogP contribution < -0.4 is 0 Å². The highest BCUT2D eigenvalue weighted by Crippen LogP contribution is 2.12. The van der Waals surface area contributed by atoms with E-state index in [-0.39, 0.29) is 12.3 Å². The third-order valence-electron chi connectivity index (χ3n) is 2.64. The fourth-order valence-electron chi connectivity index (χ4n) is 1.47. The molecule has 0 aliphatic rings. The quantitative estimate of drug-likeness (QED) is 0.330. The van der Waals surface area contributed by atoms with Crippen molar-refractivity contribution in [3.63, 3.8) is 0 Å². The van der Waals surface area contributed by atoms with E-state index >= 15 is 0 Å². The monoisotopic (exact) mass is 280 g/mol. The largest absolute Gasteiger partial charge is 0.445 e. The van der Waals surface area contributed by atoms with Crippen molar-refractivity contribution in [1.82, 2.24) is 4.90 Å². The van der Waals surface area contributed by atoms with Gasteiger partial charge < -0.3 is 14.4 Å². The Balaban J connectivity index is 2.40. The SMILES string of the molecule is CN(CCCC=O)C(=O)OCc1ccc([N+](=O)[O-])cc1. The van der Waals surface area contributed by atoms with Crippen molar-refractivity contribution in [2.24, 2.45) is 0 Å². The van der Waals surface area contributed by atoms with Crippen LogP contribution in [-0.2, 0) is 16.1 Å². The number of benzene rings is 1. The minimum Gasteiger partial charge on any atom is -0.445 e. The number of amides is 1. The molecule has 0 spiro atoms. The van der Waals surface area contributed by atoms with Crippen LogP contribution in [0.3, 0.4) is 0 Å². The molecule has 1 rings (SSSR count). The maximum Gasteiger partial charge on any atom is 0.409 e. The lowest BCUT2D eigenvalue weighted by Crippen LogP contribution is -2.28. The summed E-state index contributed by atoms with van der Waals surface area (Å²) in [5.41, 5.74) is 0.663. The van der Waals surface area contributed by atoms with Crippen LogP contribution in [0.15, 0.2) is 24.3 Å². The number of aldehydes is 1. The molecule has 1 amide bonds. The van der Waals surface area contributed by atoms with Gasteiger partial charge in [0.1, 0.15) is 12.9 Å². The first-order valence-corrected chi connectivity index (χ1v) is 6.09. The lowest BCUT2D eigenvalue weighted by atomic mass is 10.2. The van der Waals surface area contributed by atoms with E-state index in [4.69, 9.17) is 4.74 Å². The number of carbonyl (C=O) groups is 2. The van der Waals surface area contributed by atoms with E-state index in [1.807, 2.05) is 0 Å². The van der Waals surface area contributed by atoms with E-state index in [0.29, 0.717) is 24.9 Å². The Hall–Kier alpha value is -2.44. The fourth-order valence-corrected chi connectivity index (χ4v) is 1.47. The van der Waals surface area contributed by atoms with Crippen molar-refractivity contribution in [1.29, 1.82) is 0 Å². The molecular weight excluding hydrogens is 264 g/mol. The summed E-state index contributed by atoms with van der Waals surface area (Å²) in [4.78, 5) is 33.1. The minimum absolute atomic E-state index is 0.00828. The van der Waals surface area contributed by atoms with Gasteiger partial charge in [-0.1, -0.05) is 0 Å². The van der Waals surface area contributed by atoms with Gasteiger partial charge in [-0.05, 0) is 24.1 Å². The van der Waals surface area contributed by atoms with Crippen LogP contribution in [-0.4, -0.2) is 35.8 Å². The molecule has 0 fully saturated rings. The number of rotatable bonds is 7. The van der Waals surface area contributed by atoms with Gasteiger partial charge in [0, 0.05) is 32.1 Å². The molecule has 0 N–H and O–H groups in total. The van der Waals surface area contributed by atoms with Crippen LogP contribution >= 0.6 is 0 Å². The Kier molecular flexibility index (Phi) is 6.15. The molecule has 0 aromatic heterocycles. The molecule has 0 atom stereocenters. The number of unbranched alkanes of at least 4 members (excludes halogenated alkanes) is 1. The second kappa shape index (κ2) is 7.88. The Morgan fingerprint density at radius 2 is 2.05 bits per heavy atom. The minimum atomic E-state index is -0.491. The van der Waals surface area contributed by atoms with Gasteiger partial charge in [0.25, 0.3) is 5.69 Å². The zero-order chi connectivity index (χ0) is 15.0. The Morgan fingerprint density at radius 3 is 2.60 bits per heavy atom. The Morgan fingerprint density at radius 1 is 1.40 bits per heavy atom. The highest BCUT2D eigenvalue weighted by molar-refractivity contribution is 5.67. The highest BCUT2D eigenvalue weighted by Gasteiger charge is 2.10. The average molecular weight is 280 g/mol. The molecule has 1 aromatic carbocycles. The summed E-state index contributed by atoms with van der Waals surface area (Å²) in [5, 5.41) is 10.5. The molecule has 0 aliphatic heterocycles. The first-order chi connectivity index (χ1) is 9.54. The number of nitro groups is 1. The van der Waals surface area contributed by atoms with Crippen LogP contribution in [0.2, 0.25) is 0 Å². The van der Waals surface area contributed by atoms with E-state index in [9.17, 15) is 19.7 Å². The molecule has 0 aliphatic carbocycles. The third-order valence-corrected chi connectivity index (χ3v) is 2.64. The number of non-ortho nitro benzene ring substituents is 1. The summed E-state index contributed by atoms with van der Waals surface area (Å²) < 4.78 is 5.05. The lowest BCUT2D eigenvalue weighted by Gasteiger charge is -2.16. The molecule has 0 saturated carbocycles. The lowest BCUT2D eigenvalue weighted by molar-refractivity contribution is -0.384. The van der Waals surface area contributed by atoms with Gasteiger partial charge in [-0.25, -0.2) is 4.79 Å². The molecule has 0 bridgehead atoms. The molecule has 0 saturated heterocycles. The molecule has 1 aromatic rings. The van der Waals surface area contributed by atoms with Gasteiger partial charge in [-0.3, -0.25) is 10.1 Å². The molecular formula is C13H16N2O5. The summed E-state index contributed by atoms with van der Waals surface area (Å²) in [6.07, 6.45) is 1.30. The summed E-state index contributed by atoms with van der Waals surface area (Å²) in [7, 11) is 1.59. The van der Waals surface area contributed by atoms with Crippen molar-refractivity contribution in [2.75, 3.05) is 13.6 Å². The topological polar surface area (TPSA) is 89.8 Å². The fraction of sp³-hybridized carbons (Fsp3) is 0.385. The maximum atomic E-state index is 11.6. The summed E-state index contributed by atoms with van der Waals surface area (Å²) in [6.45, 7) is 0.493. The normalized spacial score (nSPS) is 9.85. The van der Waals surface area contributed by atoms with E-state index in [0.717, 1.165) is 6.29 Å². The predicted molar refractivity (Wildman–Crippen MR) is 71.2 cm³/mol. The van der Waals surface area contributed by atoms with Crippen LogP contribution in [0, 0.1) is 10.1 Å². The molecule has 7 nitrogen and oxygen atoms in total. The standard InChI is InChI=1S/C13H16N2O5/c1-14(8-2-3-9-16)13(17)20-10-11-4-6-12(7-5-11)15(18)19/h4-7,9H,2-3,8,10H2,1H3. The van der Waals surface area contributed by atoms with E-state index in [2.05, 4.69) is 0 Å². The molecule has 0 heterocycles. The van der Waals surface area contributed by atoms with Crippen LogP contribution in [0.1, 0.15) is 18.4 Å². The Labute approximate surface area is 116 Å². The maximum absolute atomic E-state index is 11.6. The van der Waals surface area contributed by atoms with Crippen LogP contribution in [0.4, 0.5) is 10.5 Å². The van der Waals surface area contributed by atoms with Crippen molar-refractivity contribution in [2.45, 2.75) is 19.4 Å². The average Bonchev–Trinajstić information content (AvgIpc) is 2.45. The smallest absolute Gasteiger partial charge is 0.409 e. The second-order valence-electron chi connectivity index (χ2n) is 4.21. The zero-order valence-corrected chi connectivity index (χ0v) is 11.2. The third kappa shape index (κ3) is 5.05. The second-order valence-corrected chi connectivity index (χ2v) is 4.21. The van der Waals surface area contributed by atoms with Crippen molar-refractivity contribution >= 4 is 18.1 Å². The number of ether oxygens (including phenoxy) is 1. The van der Waals surface area contributed by atoms with E-state index in [1.165, 1.54) is 29.2 Å². The van der Waals surface area contributed by atoms with Gasteiger partial charge in [0.05, 0.1) is 4.92 Å². The first-order valence-electron chi connectivity index (χ1n) is 6.09. The molecule has 0 radical (unpaired) electrons. The van der Waals surface area contributed by atoms with Gasteiger partial charge in [-0.2, -0.15) is 0 Å². The van der Waals surface area contributed by atoms with Crippen molar-refractivity contribution in [3.05, 3.63) is 39.9 Å². The molecule has 7 heteroatoms. The van der Waals surface area contributed by atoms with Gasteiger partial charge >= 0.3 is 6.09 Å². The molecule has 20 heavy (non-hydrogen) atoms. The summed E-state index contributed by atoms with van der Waals surface area (Å²) in [5.74, 6) is 0. The number of carbonyl (C=O) groups excluding carboxylic acids is 2. The van der Waals surface area contributed by atoms with E-state index < -0.39 is 11.0 Å². The van der Waals surface area contributed by atoms with Crippen molar-refractivity contribution < 1.29 is 19.2 Å². The highest BCUT2D eigenvalue weighted by atomic mass is 16.6. The van der Waals surface area contributed by atoms with Crippen LogP contribution in [0.5, 0.6) is 0 Å². The van der Waals surface area contributed by atoms with Gasteiger partial charge in [0.2, 0.25) is 0 Å². The molecule has 0 unspecified atom stereocenters. The van der Waals surface area contributed by atoms with Gasteiger partial charge in [-0.15, -0.1) is 0 Å². The number of nitro benzene ring substituents is 1. The predicted octanol–water partition coefficient (Wildman–Crippen LogP) is 2.14. The van der Waals surface area contributed by atoms with Crippen LogP contribution in [0.25, 0.3) is 0 Å². The number of nitrogens with zero attached hydrogens (tertiary/aromatic N) is 2. The Bertz CT molecular complexity index is 472. The number of hydrogen-bond acceptors (Lipinski definition) is 5. The van der Waals surface area contributed by atoms with Crippen molar-refractivity contribution in [3.8, 4) is 0 Å². The molecule has 108 valence electrons. The van der Waals surface area contributed by atoms with Gasteiger partial charge in [0.15, 0.2) is 0 Å².